The van der Waals surface area contributed by atoms with Crippen molar-refractivity contribution in [1.29, 1.82) is 0 Å². The van der Waals surface area contributed by atoms with Crippen molar-refractivity contribution in [2.45, 2.75) is 137 Å². The molecule has 4 aromatic rings. The molecule has 336 valence electrons. The maximum Gasteiger partial charge on any atom is 0.0319 e. The highest BCUT2D eigenvalue weighted by molar-refractivity contribution is 5.84. The van der Waals surface area contributed by atoms with Crippen molar-refractivity contribution >= 4 is 22.4 Å². The van der Waals surface area contributed by atoms with Gasteiger partial charge in [0.25, 0.3) is 0 Å². The van der Waals surface area contributed by atoms with Crippen LogP contribution in [0.25, 0.3) is 27.8 Å². The van der Waals surface area contributed by atoms with E-state index in [9.17, 15) is 0 Å². The van der Waals surface area contributed by atoms with E-state index in [0.29, 0.717) is 5.92 Å². The molecule has 0 radical (unpaired) electrons. The Kier molecular flexibility index (Phi) is 33.3. The molecule has 2 N–H and O–H groups in total. The molecule has 4 aromatic carbocycles. The summed E-state index contributed by atoms with van der Waals surface area (Å²) >= 11 is 0. The van der Waals surface area contributed by atoms with E-state index in [1.165, 1.54) is 91.6 Å². The molecule has 0 saturated heterocycles. The molecule has 4 rings (SSSR count). The summed E-state index contributed by atoms with van der Waals surface area (Å²) in [5.41, 5.74) is 24.1. The van der Waals surface area contributed by atoms with Crippen molar-refractivity contribution in [2.24, 2.45) is 5.92 Å². The molecule has 0 heterocycles. The van der Waals surface area contributed by atoms with Crippen molar-refractivity contribution in [3.05, 3.63) is 203 Å². The smallest absolute Gasteiger partial charge is 0.0319 e. The van der Waals surface area contributed by atoms with Gasteiger partial charge in [-0.25, -0.2) is 0 Å². The van der Waals surface area contributed by atoms with E-state index in [-0.39, 0.29) is 0 Å². The van der Waals surface area contributed by atoms with Gasteiger partial charge in [0.2, 0.25) is 0 Å². The number of aryl methyl sites for hydroxylation is 5. The van der Waals surface area contributed by atoms with Gasteiger partial charge in [0.1, 0.15) is 0 Å². The molecule has 0 atom stereocenters. The molecule has 0 bridgehead atoms. The lowest BCUT2D eigenvalue weighted by atomic mass is 9.90. The van der Waals surface area contributed by atoms with Crippen molar-refractivity contribution < 1.29 is 0 Å². The van der Waals surface area contributed by atoms with E-state index in [2.05, 4.69) is 225 Å². The second kappa shape index (κ2) is 35.2. The predicted molar refractivity (Wildman–Crippen MR) is 289 cm³/mol. The molecule has 1 heteroatoms. The van der Waals surface area contributed by atoms with E-state index >= 15 is 0 Å². The molecule has 0 saturated carbocycles. The maximum atomic E-state index is 5.56. The minimum atomic E-state index is 0.503. The van der Waals surface area contributed by atoms with Crippen molar-refractivity contribution in [3.8, 4) is 11.1 Å². The first-order chi connectivity index (χ1) is 29.5. The standard InChI is InChI=1S/C30H34.C14H18.C8H11N.3C3H8/c1-8-11-25(12-9-2)27-18-15-23(6)29(20-27)30-21-28(19-16-24(30)7)26(13-10-3)17-14-22(4)5;1-5-8-11(2)13(4)14-10-7-6-9-12(14)3;1-6-3-7(2)5-8(9)4-6;3*1-3-2/h8-22H,1,3H2,2,4-7H3;5-10H,1-4H3;3-5H,9H2,1-2H3;3*3H2,1-2H3/b12-9-,17-14-,25-11+,26-13+;8-5-,13-11+;;;;. The summed E-state index contributed by atoms with van der Waals surface area (Å²) in [5, 5.41) is 0. The van der Waals surface area contributed by atoms with Gasteiger partial charge in [0.05, 0.1) is 0 Å². The Hall–Kier alpha value is -5.40. The number of benzene rings is 4. The van der Waals surface area contributed by atoms with Crippen LogP contribution in [0, 0.1) is 40.5 Å². The SMILES string of the molecule is C/C=C\C(C)=C(/C)c1ccccc1C.C=C/C=C(\C=C/C)c1ccc(C)c(-c2cc(C(/C=C\C(C)C)=C/C=C)ccc2C)c1.CCC.CCC.CCC.Cc1cc(C)cc(N)c1. The summed E-state index contributed by atoms with van der Waals surface area (Å²) in [6.07, 6.45) is 24.4. The van der Waals surface area contributed by atoms with Crippen molar-refractivity contribution in [1.82, 2.24) is 0 Å². The highest BCUT2D eigenvalue weighted by atomic mass is 14.5. The number of nitrogens with two attached hydrogens (primary N) is 1. The minimum Gasteiger partial charge on any atom is -0.399 e. The number of allylic oxidation sites excluding steroid dienone is 14. The predicted octanol–water partition coefficient (Wildman–Crippen LogP) is 19.4. The van der Waals surface area contributed by atoms with Crippen LogP contribution >= 0.6 is 0 Å². The van der Waals surface area contributed by atoms with Gasteiger partial charge in [-0.3, -0.25) is 0 Å². The van der Waals surface area contributed by atoms with Gasteiger partial charge in [-0.05, 0) is 170 Å². The van der Waals surface area contributed by atoms with Gasteiger partial charge in [-0.1, -0.05) is 203 Å². The Bertz CT molecular complexity index is 2010. The summed E-state index contributed by atoms with van der Waals surface area (Å²) < 4.78 is 0. The van der Waals surface area contributed by atoms with Gasteiger partial charge < -0.3 is 5.73 Å². The lowest BCUT2D eigenvalue weighted by Gasteiger charge is -2.15. The Morgan fingerprint density at radius 3 is 1.35 bits per heavy atom. The molecule has 0 aliphatic heterocycles. The number of nitrogen functional groups attached to an aromatic ring is 1. The van der Waals surface area contributed by atoms with Crippen LogP contribution in [-0.4, -0.2) is 0 Å². The van der Waals surface area contributed by atoms with Gasteiger partial charge >= 0.3 is 0 Å². The Morgan fingerprint density at radius 1 is 0.565 bits per heavy atom. The van der Waals surface area contributed by atoms with Crippen LogP contribution in [0.2, 0.25) is 0 Å². The highest BCUT2D eigenvalue weighted by Crippen LogP contribution is 2.33. The third kappa shape index (κ3) is 24.1. The van der Waals surface area contributed by atoms with E-state index in [0.717, 1.165) is 11.3 Å². The summed E-state index contributed by atoms with van der Waals surface area (Å²) in [4.78, 5) is 0. The summed E-state index contributed by atoms with van der Waals surface area (Å²) in [6, 6.07) is 27.9. The van der Waals surface area contributed by atoms with Gasteiger partial charge in [-0.2, -0.15) is 0 Å². The van der Waals surface area contributed by atoms with E-state index in [1.54, 1.807) is 0 Å². The summed E-state index contributed by atoms with van der Waals surface area (Å²) in [6.45, 7) is 43.9. The molecule has 0 fully saturated rings. The number of rotatable bonds is 10. The van der Waals surface area contributed by atoms with Crippen LogP contribution < -0.4 is 5.73 Å². The fourth-order valence-electron chi connectivity index (χ4n) is 6.00. The molecule has 62 heavy (non-hydrogen) atoms. The zero-order valence-electron chi connectivity index (χ0n) is 42.5. The molecule has 0 aliphatic carbocycles. The fraction of sp³-hybridized carbons (Fsp3) is 0.344. The molecule has 0 aromatic heterocycles. The van der Waals surface area contributed by atoms with Crippen LogP contribution in [0.15, 0.2) is 158 Å². The molecular weight excluding hydrogens is 747 g/mol. The quantitative estimate of drug-likeness (QED) is 0.125. The first-order valence-corrected chi connectivity index (χ1v) is 22.9. The van der Waals surface area contributed by atoms with E-state index in [1.807, 2.05) is 45.1 Å². The molecule has 0 aliphatic rings. The van der Waals surface area contributed by atoms with Crippen molar-refractivity contribution in [2.75, 3.05) is 5.73 Å². The second-order valence-electron chi connectivity index (χ2n) is 16.0. The summed E-state index contributed by atoms with van der Waals surface area (Å²) in [5.74, 6) is 0.503. The fourth-order valence-corrected chi connectivity index (χ4v) is 6.00. The number of hydrogen-bond donors (Lipinski definition) is 1. The largest absolute Gasteiger partial charge is 0.399 e. The van der Waals surface area contributed by atoms with Crippen LogP contribution in [0.5, 0.6) is 0 Å². The van der Waals surface area contributed by atoms with Crippen LogP contribution in [-0.2, 0) is 0 Å². The first kappa shape index (κ1) is 58.7. The normalized spacial score (nSPS) is 11.5. The molecular formula is C61H87N. The zero-order chi connectivity index (χ0) is 47.6. The van der Waals surface area contributed by atoms with Crippen LogP contribution in [0.3, 0.4) is 0 Å². The third-order valence-corrected chi connectivity index (χ3v) is 8.83. The van der Waals surface area contributed by atoms with E-state index in [4.69, 9.17) is 5.73 Å². The zero-order valence-corrected chi connectivity index (χ0v) is 42.5. The maximum absolute atomic E-state index is 5.56. The number of anilines is 1. The Labute approximate surface area is 383 Å². The Balaban J connectivity index is 0. The summed E-state index contributed by atoms with van der Waals surface area (Å²) in [7, 11) is 0. The average molecular weight is 834 g/mol. The lowest BCUT2D eigenvalue weighted by Crippen LogP contribution is -1.93. The minimum absolute atomic E-state index is 0.503. The molecule has 1 nitrogen and oxygen atoms in total. The molecule has 0 spiro atoms. The molecule has 0 amide bonds. The third-order valence-electron chi connectivity index (χ3n) is 8.83. The highest BCUT2D eigenvalue weighted by Gasteiger charge is 2.10. The topological polar surface area (TPSA) is 26.0 Å². The van der Waals surface area contributed by atoms with E-state index < -0.39 is 0 Å². The number of hydrogen-bond acceptors (Lipinski definition) is 1. The second-order valence-corrected chi connectivity index (χ2v) is 16.0. The van der Waals surface area contributed by atoms with Crippen LogP contribution in [0.1, 0.15) is 147 Å². The van der Waals surface area contributed by atoms with Gasteiger partial charge in [0.15, 0.2) is 0 Å². The van der Waals surface area contributed by atoms with Gasteiger partial charge in [0, 0.05) is 5.69 Å². The lowest BCUT2D eigenvalue weighted by molar-refractivity contribution is 0.832. The van der Waals surface area contributed by atoms with Crippen LogP contribution in [0.4, 0.5) is 5.69 Å². The first-order valence-electron chi connectivity index (χ1n) is 22.9. The average Bonchev–Trinajstić information content (AvgIpc) is 3.21. The van der Waals surface area contributed by atoms with Crippen molar-refractivity contribution in [3.63, 3.8) is 0 Å². The van der Waals surface area contributed by atoms with Gasteiger partial charge in [-0.15, -0.1) is 0 Å². The Morgan fingerprint density at radius 2 is 0.984 bits per heavy atom. The molecule has 0 unspecified atom stereocenters. The monoisotopic (exact) mass is 834 g/mol.